The molecule has 2 rings (SSSR count). The Hall–Kier alpha value is -2.77. The van der Waals surface area contributed by atoms with Crippen LogP contribution in [0.3, 0.4) is 0 Å². The molecule has 7 nitrogen and oxygen atoms in total. The van der Waals surface area contributed by atoms with Crippen molar-refractivity contribution < 1.29 is 19.5 Å². The Labute approximate surface area is 158 Å². The van der Waals surface area contributed by atoms with Crippen LogP contribution in [-0.4, -0.2) is 34.8 Å². The highest BCUT2D eigenvalue weighted by Crippen LogP contribution is 2.26. The molecule has 0 heterocycles. The van der Waals surface area contributed by atoms with E-state index in [0.717, 1.165) is 0 Å². The number of carboxylic acid groups (broad SMARTS) is 1. The van der Waals surface area contributed by atoms with Gasteiger partial charge in [0.15, 0.2) is 5.78 Å². The number of benzene rings is 2. The maximum absolute atomic E-state index is 12.6. The molecule has 0 spiro atoms. The average molecular weight is 394 g/mol. The largest absolute Gasteiger partial charge is 0.480 e. The van der Waals surface area contributed by atoms with Crippen molar-refractivity contribution in [1.82, 2.24) is 5.32 Å². The normalized spacial score (nSPS) is 11.9. The van der Waals surface area contributed by atoms with Gasteiger partial charge in [-0.3, -0.25) is 14.4 Å². The van der Waals surface area contributed by atoms with Gasteiger partial charge in [-0.2, -0.15) is 10.2 Å². The molecule has 0 saturated heterocycles. The quantitative estimate of drug-likeness (QED) is 0.325. The van der Waals surface area contributed by atoms with Crippen LogP contribution in [0.2, 0.25) is 5.02 Å². The summed E-state index contributed by atoms with van der Waals surface area (Å²) in [4.78, 5) is 34.7. The number of ketones is 1. The summed E-state index contributed by atoms with van der Waals surface area (Å²) in [5.41, 5.74) is -0.625. The van der Waals surface area contributed by atoms with Gasteiger partial charge in [0.05, 0.1) is 11.3 Å². The lowest BCUT2D eigenvalue weighted by atomic mass is 10.0. The molecule has 0 saturated carbocycles. The number of nitrogens with one attached hydrogen (secondary N) is 1. The number of aliphatic carboxylic acids is 1. The maximum Gasteiger partial charge on any atom is 0.322 e. The average Bonchev–Trinajstić information content (AvgIpc) is 2.64. The van der Waals surface area contributed by atoms with Gasteiger partial charge in [0, 0.05) is 10.6 Å². The number of hydrogen-bond donors (Lipinski definition) is 2. The van der Waals surface area contributed by atoms with Crippen LogP contribution < -0.4 is 5.32 Å². The molecule has 1 atom stereocenters. The number of carboxylic acids is 1. The number of carbonyl (C=O) groups is 3. The molecule has 0 aliphatic carbocycles. The van der Waals surface area contributed by atoms with E-state index in [-0.39, 0.29) is 17.0 Å². The van der Waals surface area contributed by atoms with Crippen LogP contribution in [0.25, 0.3) is 0 Å². The Morgan fingerprint density at radius 3 is 2.46 bits per heavy atom. The number of alkyl halides is 1. The summed E-state index contributed by atoms with van der Waals surface area (Å²) in [6.45, 7) is -0.587. The number of nitrogens with zero attached hydrogens (tertiary/aromatic N) is 2. The zero-order valence-corrected chi connectivity index (χ0v) is 14.7. The van der Waals surface area contributed by atoms with E-state index < -0.39 is 23.9 Å². The van der Waals surface area contributed by atoms with Crippen LogP contribution in [0, 0.1) is 0 Å². The van der Waals surface area contributed by atoms with E-state index in [9.17, 15) is 14.4 Å². The number of halogens is 2. The Morgan fingerprint density at radius 1 is 1.12 bits per heavy atom. The van der Waals surface area contributed by atoms with Crippen LogP contribution in [0.1, 0.15) is 15.9 Å². The highest BCUT2D eigenvalue weighted by molar-refractivity contribution is 6.31. The number of rotatable bonds is 7. The van der Waals surface area contributed by atoms with Gasteiger partial charge in [-0.15, -0.1) is 0 Å². The summed E-state index contributed by atoms with van der Waals surface area (Å²) in [5, 5.41) is 18.4. The van der Waals surface area contributed by atoms with Gasteiger partial charge in [0.1, 0.15) is 6.54 Å². The molecule has 1 unspecified atom stereocenters. The summed E-state index contributed by atoms with van der Waals surface area (Å²) >= 11 is 11.7. The van der Waals surface area contributed by atoms with Gasteiger partial charge in [-0.25, -0.2) is 0 Å². The topological polar surface area (TPSA) is 108 Å². The smallest absolute Gasteiger partial charge is 0.322 e. The van der Waals surface area contributed by atoms with Gasteiger partial charge in [0.25, 0.3) is 5.91 Å². The maximum atomic E-state index is 12.6. The molecule has 0 aromatic heterocycles. The zero-order valence-electron chi connectivity index (χ0n) is 13.2. The Kier molecular flexibility index (Phi) is 6.82. The fraction of sp³-hybridized carbons (Fsp3) is 0.118. The third-order valence-corrected chi connectivity index (χ3v) is 3.66. The van der Waals surface area contributed by atoms with Gasteiger partial charge in [-0.05, 0) is 18.2 Å². The predicted octanol–water partition coefficient (Wildman–Crippen LogP) is 3.42. The summed E-state index contributed by atoms with van der Waals surface area (Å²) < 4.78 is 0. The third-order valence-electron chi connectivity index (χ3n) is 3.14. The van der Waals surface area contributed by atoms with Crippen molar-refractivity contribution in [2.24, 2.45) is 10.2 Å². The molecule has 0 aliphatic rings. The molecule has 0 bridgehead atoms. The highest BCUT2D eigenvalue weighted by atomic mass is 35.5. The second-order valence-electron chi connectivity index (χ2n) is 5.02. The van der Waals surface area contributed by atoms with Crippen molar-refractivity contribution in [3.8, 4) is 0 Å². The molecule has 0 radical (unpaired) electrons. The van der Waals surface area contributed by atoms with Crippen molar-refractivity contribution in [2.75, 3.05) is 6.54 Å². The Bertz CT molecular complexity index is 856. The van der Waals surface area contributed by atoms with Gasteiger partial charge >= 0.3 is 5.97 Å². The molecular weight excluding hydrogens is 381 g/mol. The molecule has 2 N–H and O–H groups in total. The van der Waals surface area contributed by atoms with Crippen molar-refractivity contribution >= 4 is 46.5 Å². The van der Waals surface area contributed by atoms with Crippen molar-refractivity contribution in [3.05, 3.63) is 64.7 Å². The van der Waals surface area contributed by atoms with E-state index in [4.69, 9.17) is 28.3 Å². The minimum absolute atomic E-state index is 0.180. The van der Waals surface area contributed by atoms with E-state index in [1.807, 2.05) is 0 Å². The van der Waals surface area contributed by atoms with E-state index in [1.54, 1.807) is 30.3 Å². The molecule has 134 valence electrons. The Balaban J connectivity index is 2.23. The summed E-state index contributed by atoms with van der Waals surface area (Å²) in [7, 11) is 0. The summed E-state index contributed by atoms with van der Waals surface area (Å²) in [5.74, 6) is -2.35. The van der Waals surface area contributed by atoms with Crippen LogP contribution >= 0.6 is 23.2 Å². The minimum Gasteiger partial charge on any atom is -0.480 e. The first kappa shape index (κ1) is 19.6. The highest BCUT2D eigenvalue weighted by Gasteiger charge is 2.17. The molecule has 9 heteroatoms. The zero-order chi connectivity index (χ0) is 19.1. The lowest BCUT2D eigenvalue weighted by Crippen LogP contribution is -2.34. The van der Waals surface area contributed by atoms with Crippen LogP contribution in [0.15, 0.2) is 58.8 Å². The molecule has 0 fully saturated rings. The molecule has 2 aromatic rings. The summed E-state index contributed by atoms with van der Waals surface area (Å²) in [6, 6.07) is 13.0. The summed E-state index contributed by atoms with van der Waals surface area (Å²) in [6.07, 6.45) is 0. The predicted molar refractivity (Wildman–Crippen MR) is 96.1 cm³/mol. The Morgan fingerprint density at radius 2 is 1.81 bits per heavy atom. The van der Waals surface area contributed by atoms with Crippen LogP contribution in [0.5, 0.6) is 0 Å². The standard InChI is InChI=1S/C17H13Cl2N3O4/c18-11-6-7-13(21-22-16(19)17(26)20-9-14(23)24)12(8-11)15(25)10-4-2-1-3-5-10/h1-8,16H,9H2,(H,20,26)(H,23,24). The first-order valence-corrected chi connectivity index (χ1v) is 8.13. The van der Waals surface area contributed by atoms with Crippen molar-refractivity contribution in [2.45, 2.75) is 5.50 Å². The van der Waals surface area contributed by atoms with Gasteiger partial charge in [0.2, 0.25) is 5.50 Å². The SMILES string of the molecule is O=C(O)CNC(=O)C(Cl)N=Nc1ccc(Cl)cc1C(=O)c1ccccc1. The lowest BCUT2D eigenvalue weighted by molar-refractivity contribution is -0.137. The van der Waals surface area contributed by atoms with Crippen molar-refractivity contribution in [1.29, 1.82) is 0 Å². The first-order valence-electron chi connectivity index (χ1n) is 7.32. The van der Waals surface area contributed by atoms with E-state index in [0.29, 0.717) is 10.6 Å². The molecule has 26 heavy (non-hydrogen) atoms. The fourth-order valence-corrected chi connectivity index (χ4v) is 2.23. The van der Waals surface area contributed by atoms with Crippen molar-refractivity contribution in [3.63, 3.8) is 0 Å². The number of amides is 1. The van der Waals surface area contributed by atoms with Crippen LogP contribution in [-0.2, 0) is 9.59 Å². The van der Waals surface area contributed by atoms with Gasteiger partial charge < -0.3 is 10.4 Å². The molecule has 1 amide bonds. The minimum atomic E-state index is -1.44. The molecule has 2 aromatic carbocycles. The third kappa shape index (κ3) is 5.37. The molecular formula is C17H13Cl2N3O4. The lowest BCUT2D eigenvalue weighted by Gasteiger charge is -2.07. The van der Waals surface area contributed by atoms with E-state index in [1.165, 1.54) is 18.2 Å². The van der Waals surface area contributed by atoms with E-state index >= 15 is 0 Å². The van der Waals surface area contributed by atoms with Crippen LogP contribution in [0.4, 0.5) is 5.69 Å². The second kappa shape index (κ2) is 9.07. The number of carbonyl (C=O) groups excluding carboxylic acids is 2. The second-order valence-corrected chi connectivity index (χ2v) is 5.87. The number of azo groups is 1. The first-order chi connectivity index (χ1) is 12.4. The van der Waals surface area contributed by atoms with Gasteiger partial charge in [-0.1, -0.05) is 53.5 Å². The molecule has 0 aliphatic heterocycles. The monoisotopic (exact) mass is 393 g/mol. The number of hydrogen-bond acceptors (Lipinski definition) is 5. The van der Waals surface area contributed by atoms with E-state index in [2.05, 4.69) is 15.5 Å². The fourth-order valence-electron chi connectivity index (χ4n) is 1.93.